The maximum atomic E-state index is 11.4. The van der Waals surface area contributed by atoms with Gasteiger partial charge in [0, 0.05) is 13.0 Å². The van der Waals surface area contributed by atoms with Crippen molar-refractivity contribution in [3.8, 4) is 0 Å². The van der Waals surface area contributed by atoms with Crippen molar-refractivity contribution < 1.29 is 24.2 Å². The molecule has 7 heteroatoms. The van der Waals surface area contributed by atoms with Crippen molar-refractivity contribution in [3.05, 3.63) is 11.6 Å². The summed E-state index contributed by atoms with van der Waals surface area (Å²) < 4.78 is 4.41. The fraction of sp³-hybridized carbons (Fsp3) is 0.583. The predicted molar refractivity (Wildman–Crippen MR) is 68.6 cm³/mol. The molecular weight excluding hydrogens is 252 g/mol. The van der Waals surface area contributed by atoms with Crippen molar-refractivity contribution in [2.24, 2.45) is 0 Å². The molecule has 2 amide bonds. The van der Waals surface area contributed by atoms with Gasteiger partial charge in [0.2, 0.25) is 0 Å². The molecule has 0 radical (unpaired) electrons. The van der Waals surface area contributed by atoms with E-state index in [1.54, 1.807) is 6.08 Å². The number of carboxylic acid groups (broad SMARTS) is 1. The van der Waals surface area contributed by atoms with Crippen molar-refractivity contribution in [2.75, 3.05) is 13.7 Å². The summed E-state index contributed by atoms with van der Waals surface area (Å²) in [4.78, 5) is 33.3. The number of hydrogen-bond donors (Lipinski definition) is 3. The van der Waals surface area contributed by atoms with Crippen molar-refractivity contribution in [2.45, 2.75) is 32.7 Å². The molecule has 0 bridgehead atoms. The fourth-order valence-electron chi connectivity index (χ4n) is 1.18. The van der Waals surface area contributed by atoms with Crippen molar-refractivity contribution >= 4 is 18.0 Å². The number of allylic oxidation sites excluding steroid dienone is 1. The van der Waals surface area contributed by atoms with E-state index in [4.69, 9.17) is 5.11 Å². The summed E-state index contributed by atoms with van der Waals surface area (Å²) >= 11 is 0. The molecule has 7 nitrogen and oxygen atoms in total. The third-order valence-corrected chi connectivity index (χ3v) is 2.24. The van der Waals surface area contributed by atoms with E-state index in [2.05, 4.69) is 15.4 Å². The van der Waals surface area contributed by atoms with E-state index in [0.717, 1.165) is 5.57 Å². The molecule has 0 aliphatic rings. The lowest BCUT2D eigenvalue weighted by molar-refractivity contribution is -0.142. The zero-order valence-electron chi connectivity index (χ0n) is 11.4. The lowest BCUT2D eigenvalue weighted by atomic mass is 10.1. The second-order valence-corrected chi connectivity index (χ2v) is 4.14. The Kier molecular flexibility index (Phi) is 7.99. The predicted octanol–water partition coefficient (Wildman–Crippen LogP) is 0.658. The van der Waals surface area contributed by atoms with Gasteiger partial charge in [-0.1, -0.05) is 11.6 Å². The molecule has 0 saturated heterocycles. The summed E-state index contributed by atoms with van der Waals surface area (Å²) in [6, 6.07) is -1.71. The molecule has 1 atom stereocenters. The molecule has 0 saturated carbocycles. The number of rotatable bonds is 7. The summed E-state index contributed by atoms with van der Waals surface area (Å²) in [7, 11) is 1.22. The van der Waals surface area contributed by atoms with Crippen LogP contribution in [0.1, 0.15) is 26.7 Å². The van der Waals surface area contributed by atoms with Crippen molar-refractivity contribution in [1.82, 2.24) is 10.6 Å². The largest absolute Gasteiger partial charge is 0.480 e. The maximum absolute atomic E-state index is 11.4. The monoisotopic (exact) mass is 272 g/mol. The van der Waals surface area contributed by atoms with Crippen LogP contribution in [-0.4, -0.2) is 42.8 Å². The van der Waals surface area contributed by atoms with Gasteiger partial charge >= 0.3 is 18.0 Å². The van der Waals surface area contributed by atoms with E-state index in [0.29, 0.717) is 6.54 Å². The van der Waals surface area contributed by atoms with Gasteiger partial charge in [0.15, 0.2) is 0 Å². The molecule has 0 aliphatic carbocycles. The smallest absolute Gasteiger partial charge is 0.326 e. The molecule has 3 N–H and O–H groups in total. The van der Waals surface area contributed by atoms with Crippen LogP contribution in [0.15, 0.2) is 11.6 Å². The molecule has 0 aliphatic heterocycles. The summed E-state index contributed by atoms with van der Waals surface area (Å²) in [5.74, 6) is -1.71. The third-order valence-electron chi connectivity index (χ3n) is 2.24. The van der Waals surface area contributed by atoms with Crippen LogP contribution in [0.4, 0.5) is 4.79 Å². The van der Waals surface area contributed by atoms with Crippen LogP contribution in [0.25, 0.3) is 0 Å². The number of methoxy groups -OCH3 is 1. The van der Waals surface area contributed by atoms with Crippen LogP contribution in [0.2, 0.25) is 0 Å². The first-order valence-electron chi connectivity index (χ1n) is 5.84. The van der Waals surface area contributed by atoms with E-state index in [9.17, 15) is 14.4 Å². The molecule has 0 unspecified atom stereocenters. The number of esters is 1. The number of carboxylic acids is 1. The number of carbonyl (C=O) groups is 3. The second-order valence-electron chi connectivity index (χ2n) is 4.14. The van der Waals surface area contributed by atoms with Gasteiger partial charge in [-0.3, -0.25) is 4.79 Å². The normalized spacial score (nSPS) is 11.1. The van der Waals surface area contributed by atoms with Gasteiger partial charge in [0.05, 0.1) is 7.11 Å². The molecule has 0 fully saturated rings. The van der Waals surface area contributed by atoms with Gasteiger partial charge in [0.1, 0.15) is 6.04 Å². The molecule has 0 aromatic rings. The van der Waals surface area contributed by atoms with Crippen LogP contribution in [0.5, 0.6) is 0 Å². The van der Waals surface area contributed by atoms with Crippen LogP contribution in [-0.2, 0) is 14.3 Å². The number of ether oxygens (including phenoxy) is 1. The summed E-state index contributed by atoms with van der Waals surface area (Å²) in [5, 5.41) is 13.7. The first-order chi connectivity index (χ1) is 8.86. The quantitative estimate of drug-likeness (QED) is 0.466. The highest BCUT2D eigenvalue weighted by Crippen LogP contribution is 1.99. The average molecular weight is 272 g/mol. The first kappa shape index (κ1) is 16.9. The standard InChI is InChI=1S/C12H20N2O5/c1-8(2)6-7-13-12(18)14-9(11(16)17)4-5-10(15)19-3/h6,9H,4-5,7H2,1-3H3,(H,16,17)(H2,13,14,18)/t9-/m1/s1. The fourth-order valence-corrected chi connectivity index (χ4v) is 1.18. The number of aliphatic carboxylic acids is 1. The molecule has 108 valence electrons. The Bertz CT molecular complexity index is 361. The van der Waals surface area contributed by atoms with Gasteiger partial charge < -0.3 is 20.5 Å². The molecular formula is C12H20N2O5. The topological polar surface area (TPSA) is 105 Å². The molecule has 19 heavy (non-hydrogen) atoms. The minimum atomic E-state index is -1.19. The first-order valence-corrected chi connectivity index (χ1v) is 5.84. The highest BCUT2D eigenvalue weighted by Gasteiger charge is 2.20. The molecule has 0 heterocycles. The minimum absolute atomic E-state index is 0.0158. The maximum Gasteiger partial charge on any atom is 0.326 e. The minimum Gasteiger partial charge on any atom is -0.480 e. The van der Waals surface area contributed by atoms with Crippen LogP contribution >= 0.6 is 0 Å². The second kappa shape index (κ2) is 8.96. The lowest BCUT2D eigenvalue weighted by Crippen LogP contribution is -2.46. The molecule has 0 aromatic carbocycles. The van der Waals surface area contributed by atoms with E-state index >= 15 is 0 Å². The molecule has 0 spiro atoms. The SMILES string of the molecule is COC(=O)CC[C@@H](NC(=O)NCC=C(C)C)C(=O)O. The van der Waals surface area contributed by atoms with Crippen molar-refractivity contribution in [1.29, 1.82) is 0 Å². The third kappa shape index (κ3) is 8.64. The van der Waals surface area contributed by atoms with Gasteiger partial charge in [-0.05, 0) is 20.3 Å². The lowest BCUT2D eigenvalue weighted by Gasteiger charge is -2.14. The highest BCUT2D eigenvalue weighted by molar-refractivity contribution is 5.83. The van der Waals surface area contributed by atoms with Gasteiger partial charge in [-0.2, -0.15) is 0 Å². The number of amides is 2. The Morgan fingerprint density at radius 3 is 2.42 bits per heavy atom. The molecule has 0 rings (SSSR count). The van der Waals surface area contributed by atoms with Gasteiger partial charge in [-0.25, -0.2) is 9.59 Å². The highest BCUT2D eigenvalue weighted by atomic mass is 16.5. The summed E-state index contributed by atoms with van der Waals surface area (Å²) in [6.45, 7) is 4.09. The van der Waals surface area contributed by atoms with E-state index in [1.165, 1.54) is 7.11 Å². The van der Waals surface area contributed by atoms with Crippen LogP contribution in [0.3, 0.4) is 0 Å². The number of nitrogens with one attached hydrogen (secondary N) is 2. The zero-order valence-corrected chi connectivity index (χ0v) is 11.4. The van der Waals surface area contributed by atoms with Crippen LogP contribution < -0.4 is 10.6 Å². The van der Waals surface area contributed by atoms with E-state index in [-0.39, 0.29) is 12.8 Å². The van der Waals surface area contributed by atoms with Crippen LogP contribution in [0, 0.1) is 0 Å². The Hall–Kier alpha value is -2.05. The summed E-state index contributed by atoms with van der Waals surface area (Å²) in [6.07, 6.45) is 1.71. The van der Waals surface area contributed by atoms with Gasteiger partial charge in [-0.15, -0.1) is 0 Å². The Balaban J connectivity index is 4.19. The van der Waals surface area contributed by atoms with Gasteiger partial charge in [0.25, 0.3) is 0 Å². The average Bonchev–Trinajstić information content (AvgIpc) is 2.33. The Labute approximate surface area is 112 Å². The number of hydrogen-bond acceptors (Lipinski definition) is 4. The van der Waals surface area contributed by atoms with E-state index < -0.39 is 24.0 Å². The zero-order chi connectivity index (χ0) is 14.8. The Morgan fingerprint density at radius 1 is 1.32 bits per heavy atom. The van der Waals surface area contributed by atoms with E-state index in [1.807, 2.05) is 13.8 Å². The molecule has 0 aromatic heterocycles. The Morgan fingerprint density at radius 2 is 1.95 bits per heavy atom. The number of carbonyl (C=O) groups excluding carboxylic acids is 2. The van der Waals surface area contributed by atoms with Crippen molar-refractivity contribution in [3.63, 3.8) is 0 Å². The summed E-state index contributed by atoms with van der Waals surface area (Å²) in [5.41, 5.74) is 1.04. The number of urea groups is 1.